The van der Waals surface area contributed by atoms with Crippen molar-refractivity contribution in [2.45, 2.75) is 0 Å². The van der Waals surface area contributed by atoms with E-state index < -0.39 is 0 Å². The Labute approximate surface area is 112 Å². The highest BCUT2D eigenvalue weighted by atomic mass is 79.9. The Morgan fingerprint density at radius 1 is 0.938 bits per heavy atom. The number of anilines is 2. The SMILES string of the molecule is Clc1cc(Cl)cc(Nc2cncc(Br)c2)c1. The number of rotatable bonds is 2. The zero-order valence-corrected chi connectivity index (χ0v) is 11.1. The van der Waals surface area contributed by atoms with Crippen molar-refractivity contribution in [3.05, 3.63) is 51.2 Å². The number of hydrogen-bond donors (Lipinski definition) is 1. The summed E-state index contributed by atoms with van der Waals surface area (Å²) in [6, 6.07) is 7.21. The van der Waals surface area contributed by atoms with Crippen LogP contribution in [0.2, 0.25) is 10.0 Å². The molecule has 0 atom stereocenters. The molecule has 0 bridgehead atoms. The summed E-state index contributed by atoms with van der Waals surface area (Å²) in [7, 11) is 0. The van der Waals surface area contributed by atoms with Crippen LogP contribution in [0.25, 0.3) is 0 Å². The summed E-state index contributed by atoms with van der Waals surface area (Å²) < 4.78 is 0.908. The maximum atomic E-state index is 5.90. The van der Waals surface area contributed by atoms with Gasteiger partial charge in [0.25, 0.3) is 0 Å². The zero-order chi connectivity index (χ0) is 11.5. The fourth-order valence-corrected chi connectivity index (χ4v) is 2.16. The van der Waals surface area contributed by atoms with E-state index in [4.69, 9.17) is 23.2 Å². The maximum Gasteiger partial charge on any atom is 0.0582 e. The van der Waals surface area contributed by atoms with Crippen molar-refractivity contribution in [3.63, 3.8) is 0 Å². The molecular formula is C11H7BrCl2N2. The minimum atomic E-state index is 0.595. The molecule has 0 aliphatic heterocycles. The van der Waals surface area contributed by atoms with Gasteiger partial charge in [-0.25, -0.2) is 0 Å². The fourth-order valence-electron chi connectivity index (χ4n) is 1.27. The molecule has 0 aliphatic carbocycles. The number of benzene rings is 1. The molecule has 0 unspecified atom stereocenters. The molecule has 2 rings (SSSR count). The third-order valence-corrected chi connectivity index (χ3v) is 2.73. The van der Waals surface area contributed by atoms with Gasteiger partial charge in [0.15, 0.2) is 0 Å². The van der Waals surface area contributed by atoms with Crippen molar-refractivity contribution in [3.8, 4) is 0 Å². The lowest BCUT2D eigenvalue weighted by Crippen LogP contribution is -1.91. The van der Waals surface area contributed by atoms with Gasteiger partial charge < -0.3 is 5.32 Å². The normalized spacial score (nSPS) is 10.2. The van der Waals surface area contributed by atoms with Crippen LogP contribution in [0.5, 0.6) is 0 Å². The predicted molar refractivity (Wildman–Crippen MR) is 71.7 cm³/mol. The molecule has 16 heavy (non-hydrogen) atoms. The molecule has 1 aromatic carbocycles. The van der Waals surface area contributed by atoms with Crippen LogP contribution in [-0.2, 0) is 0 Å². The summed E-state index contributed by atoms with van der Waals surface area (Å²) in [6.07, 6.45) is 3.44. The van der Waals surface area contributed by atoms with E-state index in [1.807, 2.05) is 6.07 Å². The van der Waals surface area contributed by atoms with Gasteiger partial charge in [-0.2, -0.15) is 0 Å². The van der Waals surface area contributed by atoms with E-state index in [0.29, 0.717) is 10.0 Å². The Hall–Kier alpha value is -0.770. The molecule has 0 fully saturated rings. The van der Waals surface area contributed by atoms with Crippen LogP contribution >= 0.6 is 39.1 Å². The minimum Gasteiger partial charge on any atom is -0.354 e. The smallest absolute Gasteiger partial charge is 0.0582 e. The van der Waals surface area contributed by atoms with Crippen molar-refractivity contribution in [2.24, 2.45) is 0 Å². The first-order chi connectivity index (χ1) is 7.63. The standard InChI is InChI=1S/C11H7BrCl2N2/c12-7-1-11(6-15-5-7)16-10-3-8(13)2-9(14)4-10/h1-6,16H. The van der Waals surface area contributed by atoms with Crippen LogP contribution in [0.1, 0.15) is 0 Å². The molecule has 0 radical (unpaired) electrons. The summed E-state index contributed by atoms with van der Waals surface area (Å²) in [6.45, 7) is 0. The van der Waals surface area contributed by atoms with Crippen LogP contribution in [0.3, 0.4) is 0 Å². The summed E-state index contributed by atoms with van der Waals surface area (Å²) in [5.41, 5.74) is 1.70. The Morgan fingerprint density at radius 3 is 2.25 bits per heavy atom. The van der Waals surface area contributed by atoms with Crippen LogP contribution in [0, 0.1) is 0 Å². The van der Waals surface area contributed by atoms with Gasteiger partial charge in [0.2, 0.25) is 0 Å². The number of nitrogens with one attached hydrogen (secondary N) is 1. The van der Waals surface area contributed by atoms with Crippen molar-refractivity contribution in [2.75, 3.05) is 5.32 Å². The molecule has 0 amide bonds. The zero-order valence-electron chi connectivity index (χ0n) is 8.05. The highest BCUT2D eigenvalue weighted by Gasteiger charge is 1.99. The maximum absolute atomic E-state index is 5.90. The topological polar surface area (TPSA) is 24.9 Å². The van der Waals surface area contributed by atoms with E-state index in [2.05, 4.69) is 26.2 Å². The largest absolute Gasteiger partial charge is 0.354 e. The number of aromatic nitrogens is 1. The fraction of sp³-hybridized carbons (Fsp3) is 0. The van der Waals surface area contributed by atoms with Crippen LogP contribution in [0.15, 0.2) is 41.1 Å². The predicted octanol–water partition coefficient (Wildman–Crippen LogP) is 4.89. The van der Waals surface area contributed by atoms with Crippen molar-refractivity contribution < 1.29 is 0 Å². The summed E-state index contributed by atoms with van der Waals surface area (Å²) in [4.78, 5) is 4.05. The summed E-state index contributed by atoms with van der Waals surface area (Å²) >= 11 is 15.1. The molecule has 5 heteroatoms. The molecule has 2 aromatic rings. The molecule has 0 spiro atoms. The van der Waals surface area contributed by atoms with Crippen molar-refractivity contribution in [1.29, 1.82) is 0 Å². The second-order valence-electron chi connectivity index (χ2n) is 3.17. The average Bonchev–Trinajstić information content (AvgIpc) is 2.15. The summed E-state index contributed by atoms with van der Waals surface area (Å²) in [5.74, 6) is 0. The highest BCUT2D eigenvalue weighted by Crippen LogP contribution is 2.25. The molecule has 1 aromatic heterocycles. The Morgan fingerprint density at radius 2 is 1.62 bits per heavy atom. The van der Waals surface area contributed by atoms with Gasteiger partial charge in [-0.15, -0.1) is 0 Å². The van der Waals surface area contributed by atoms with E-state index in [9.17, 15) is 0 Å². The lowest BCUT2D eigenvalue weighted by atomic mass is 10.3. The van der Waals surface area contributed by atoms with Gasteiger partial charge in [0, 0.05) is 26.4 Å². The van der Waals surface area contributed by atoms with Gasteiger partial charge in [-0.3, -0.25) is 4.98 Å². The lowest BCUT2D eigenvalue weighted by molar-refractivity contribution is 1.30. The van der Waals surface area contributed by atoms with Crippen LogP contribution < -0.4 is 5.32 Å². The van der Waals surface area contributed by atoms with Crippen molar-refractivity contribution >= 4 is 50.5 Å². The lowest BCUT2D eigenvalue weighted by Gasteiger charge is -2.07. The van der Waals surface area contributed by atoms with Crippen molar-refractivity contribution in [1.82, 2.24) is 4.98 Å². The van der Waals surface area contributed by atoms with Gasteiger partial charge in [0.1, 0.15) is 0 Å². The number of halogens is 3. The van der Waals surface area contributed by atoms with Crippen LogP contribution in [-0.4, -0.2) is 4.98 Å². The minimum absolute atomic E-state index is 0.595. The Kier molecular flexibility index (Phi) is 3.69. The number of nitrogens with zero attached hydrogens (tertiary/aromatic N) is 1. The van der Waals surface area contributed by atoms with E-state index in [-0.39, 0.29) is 0 Å². The third kappa shape index (κ3) is 3.11. The van der Waals surface area contributed by atoms with Gasteiger partial charge in [-0.05, 0) is 40.2 Å². The van der Waals surface area contributed by atoms with E-state index in [1.165, 1.54) is 0 Å². The third-order valence-electron chi connectivity index (χ3n) is 1.86. The molecule has 0 aliphatic rings. The molecule has 82 valence electrons. The average molecular weight is 318 g/mol. The molecule has 2 nitrogen and oxygen atoms in total. The highest BCUT2D eigenvalue weighted by molar-refractivity contribution is 9.10. The van der Waals surface area contributed by atoms with Gasteiger partial charge in [-0.1, -0.05) is 23.2 Å². The Balaban J connectivity index is 2.27. The molecule has 1 N–H and O–H groups in total. The number of hydrogen-bond acceptors (Lipinski definition) is 2. The van der Waals surface area contributed by atoms with Gasteiger partial charge >= 0.3 is 0 Å². The molecular weight excluding hydrogens is 311 g/mol. The molecule has 0 saturated heterocycles. The second-order valence-corrected chi connectivity index (χ2v) is 4.96. The number of pyridine rings is 1. The van der Waals surface area contributed by atoms with E-state index in [1.54, 1.807) is 30.6 Å². The van der Waals surface area contributed by atoms with Gasteiger partial charge in [0.05, 0.1) is 11.9 Å². The first-order valence-corrected chi connectivity index (χ1v) is 6.02. The molecule has 0 saturated carbocycles. The Bertz CT molecular complexity index is 497. The van der Waals surface area contributed by atoms with E-state index >= 15 is 0 Å². The van der Waals surface area contributed by atoms with E-state index in [0.717, 1.165) is 15.8 Å². The quantitative estimate of drug-likeness (QED) is 0.852. The first-order valence-electron chi connectivity index (χ1n) is 4.47. The van der Waals surface area contributed by atoms with Crippen LogP contribution in [0.4, 0.5) is 11.4 Å². The molecule has 1 heterocycles. The first kappa shape index (κ1) is 11.7. The summed E-state index contributed by atoms with van der Waals surface area (Å²) in [5, 5.41) is 4.36. The second kappa shape index (κ2) is 5.04. The monoisotopic (exact) mass is 316 g/mol.